The molecule has 150 valence electrons. The minimum atomic E-state index is -0.204. The van der Waals surface area contributed by atoms with Crippen LogP contribution in [0.3, 0.4) is 0 Å². The van der Waals surface area contributed by atoms with Crippen molar-refractivity contribution in [2.75, 3.05) is 10.8 Å². The molecule has 0 saturated carbocycles. The van der Waals surface area contributed by atoms with Crippen molar-refractivity contribution in [3.63, 3.8) is 0 Å². The van der Waals surface area contributed by atoms with Crippen LogP contribution in [0.25, 0.3) is 5.70 Å². The number of amides is 1. The SMILES string of the molecule is O=C(NC1NC(c2ccccn2)=CS1)c1ccc(SN2CCc3ccccc32)cc1. The fourth-order valence-electron chi connectivity index (χ4n) is 3.47. The van der Waals surface area contributed by atoms with E-state index in [0.717, 1.165) is 29.3 Å². The molecule has 0 aliphatic carbocycles. The molecule has 0 spiro atoms. The van der Waals surface area contributed by atoms with Crippen LogP contribution < -0.4 is 14.9 Å². The molecule has 5 rings (SSSR count). The van der Waals surface area contributed by atoms with E-state index >= 15 is 0 Å². The standard InChI is InChI=1S/C23H20N4OS2/c28-22(26-23-25-20(15-29-23)19-6-3-4-13-24-19)17-8-10-18(11-9-17)30-27-14-12-16-5-1-2-7-21(16)27/h1-11,13,15,23,25H,12,14H2,(H,26,28). The van der Waals surface area contributed by atoms with Crippen LogP contribution in [0.4, 0.5) is 5.69 Å². The summed E-state index contributed by atoms with van der Waals surface area (Å²) in [4.78, 5) is 18.1. The molecule has 0 radical (unpaired) electrons. The second-order valence-electron chi connectivity index (χ2n) is 6.98. The topological polar surface area (TPSA) is 57.3 Å². The van der Waals surface area contributed by atoms with E-state index in [1.54, 1.807) is 18.1 Å². The van der Waals surface area contributed by atoms with Gasteiger partial charge in [0.1, 0.15) is 0 Å². The number of aromatic nitrogens is 1. The Balaban J connectivity index is 1.18. The van der Waals surface area contributed by atoms with Crippen LogP contribution in [0.5, 0.6) is 0 Å². The van der Waals surface area contributed by atoms with Gasteiger partial charge in [-0.2, -0.15) is 0 Å². The first-order valence-corrected chi connectivity index (χ1v) is 11.5. The van der Waals surface area contributed by atoms with Gasteiger partial charge in [-0.25, -0.2) is 0 Å². The fourth-order valence-corrected chi connectivity index (χ4v) is 5.27. The highest BCUT2D eigenvalue weighted by atomic mass is 32.2. The highest BCUT2D eigenvalue weighted by Crippen LogP contribution is 2.36. The van der Waals surface area contributed by atoms with E-state index in [2.05, 4.69) is 44.2 Å². The van der Waals surface area contributed by atoms with Crippen molar-refractivity contribution in [2.24, 2.45) is 0 Å². The summed E-state index contributed by atoms with van der Waals surface area (Å²) in [5.74, 6) is -0.0984. The lowest BCUT2D eigenvalue weighted by Gasteiger charge is -2.18. The molecule has 7 heteroatoms. The summed E-state index contributed by atoms with van der Waals surface area (Å²) in [6.07, 6.45) is 2.83. The summed E-state index contributed by atoms with van der Waals surface area (Å²) in [5, 5.41) is 8.30. The number of hydrogen-bond donors (Lipinski definition) is 2. The zero-order valence-electron chi connectivity index (χ0n) is 16.1. The Hall–Kier alpha value is -2.90. The van der Waals surface area contributed by atoms with E-state index in [-0.39, 0.29) is 11.4 Å². The van der Waals surface area contributed by atoms with E-state index < -0.39 is 0 Å². The molecule has 2 aliphatic heterocycles. The number of nitrogens with zero attached hydrogens (tertiary/aromatic N) is 2. The average Bonchev–Trinajstić information content (AvgIpc) is 3.42. The molecule has 1 amide bonds. The quantitative estimate of drug-likeness (QED) is 0.579. The van der Waals surface area contributed by atoms with Gasteiger partial charge in [-0.3, -0.25) is 9.78 Å². The maximum absolute atomic E-state index is 12.6. The normalized spacial score (nSPS) is 17.3. The van der Waals surface area contributed by atoms with Crippen LogP contribution in [0.2, 0.25) is 0 Å². The van der Waals surface area contributed by atoms with Crippen LogP contribution in [-0.4, -0.2) is 22.9 Å². The monoisotopic (exact) mass is 432 g/mol. The molecular formula is C23H20N4OS2. The lowest BCUT2D eigenvalue weighted by Crippen LogP contribution is -2.39. The summed E-state index contributed by atoms with van der Waals surface area (Å²) < 4.78 is 2.31. The molecule has 1 unspecified atom stereocenters. The molecule has 0 fully saturated rings. The maximum Gasteiger partial charge on any atom is 0.253 e. The molecule has 2 aliphatic rings. The predicted molar refractivity (Wildman–Crippen MR) is 124 cm³/mol. The van der Waals surface area contributed by atoms with Gasteiger partial charge in [0, 0.05) is 28.6 Å². The predicted octanol–water partition coefficient (Wildman–Crippen LogP) is 4.50. The van der Waals surface area contributed by atoms with E-state index in [1.165, 1.54) is 23.0 Å². The molecule has 1 atom stereocenters. The molecule has 3 heterocycles. The van der Waals surface area contributed by atoms with Crippen molar-refractivity contribution in [2.45, 2.75) is 16.8 Å². The van der Waals surface area contributed by atoms with Gasteiger partial charge in [0.05, 0.1) is 17.1 Å². The van der Waals surface area contributed by atoms with Crippen molar-refractivity contribution < 1.29 is 4.79 Å². The number of carbonyl (C=O) groups excluding carboxylic acids is 1. The van der Waals surface area contributed by atoms with Gasteiger partial charge in [-0.05, 0) is 66.4 Å². The summed E-state index contributed by atoms with van der Waals surface area (Å²) in [7, 11) is 0. The van der Waals surface area contributed by atoms with Crippen LogP contribution in [0.15, 0.2) is 83.2 Å². The Labute approximate surface area is 184 Å². The lowest BCUT2D eigenvalue weighted by molar-refractivity contribution is 0.0948. The van der Waals surface area contributed by atoms with Crippen LogP contribution >= 0.6 is 23.7 Å². The van der Waals surface area contributed by atoms with E-state index in [9.17, 15) is 4.79 Å². The molecule has 2 aromatic carbocycles. The molecule has 3 aromatic rings. The first-order chi connectivity index (χ1) is 14.8. The van der Waals surface area contributed by atoms with Gasteiger partial charge < -0.3 is 14.9 Å². The van der Waals surface area contributed by atoms with Gasteiger partial charge in [0.2, 0.25) is 0 Å². The zero-order chi connectivity index (χ0) is 20.3. The third-order valence-corrected chi connectivity index (χ3v) is 6.95. The number of fused-ring (bicyclic) bond motifs is 1. The lowest BCUT2D eigenvalue weighted by atomic mass is 10.2. The van der Waals surface area contributed by atoms with Crippen molar-refractivity contribution in [1.82, 2.24) is 15.6 Å². The Morgan fingerprint density at radius 2 is 1.93 bits per heavy atom. The Kier molecular flexibility index (Phi) is 5.38. The largest absolute Gasteiger partial charge is 0.354 e. The number of rotatable bonds is 5. The van der Waals surface area contributed by atoms with Crippen molar-refractivity contribution in [3.05, 3.63) is 95.2 Å². The van der Waals surface area contributed by atoms with E-state index in [0.29, 0.717) is 5.56 Å². The van der Waals surface area contributed by atoms with E-state index in [1.807, 2.05) is 47.9 Å². The van der Waals surface area contributed by atoms with Crippen LogP contribution in [-0.2, 0) is 6.42 Å². The molecule has 0 saturated heterocycles. The second-order valence-corrected chi connectivity index (χ2v) is 9.05. The van der Waals surface area contributed by atoms with Gasteiger partial charge in [-0.15, -0.1) is 0 Å². The molecule has 30 heavy (non-hydrogen) atoms. The second kappa shape index (κ2) is 8.45. The summed E-state index contributed by atoms with van der Waals surface area (Å²) in [5.41, 5.74) is 4.90. The number of hydrogen-bond acceptors (Lipinski definition) is 6. The number of pyridine rings is 1. The highest BCUT2D eigenvalue weighted by Gasteiger charge is 2.22. The van der Waals surface area contributed by atoms with Gasteiger partial charge in [-0.1, -0.05) is 36.0 Å². The van der Waals surface area contributed by atoms with Crippen LogP contribution in [0.1, 0.15) is 21.6 Å². The zero-order valence-corrected chi connectivity index (χ0v) is 17.7. The number of benzene rings is 2. The van der Waals surface area contributed by atoms with Crippen molar-refractivity contribution in [1.29, 1.82) is 0 Å². The third-order valence-electron chi connectivity index (χ3n) is 4.99. The summed E-state index contributed by atoms with van der Waals surface area (Å²) in [6.45, 7) is 1.00. The van der Waals surface area contributed by atoms with Crippen molar-refractivity contribution in [3.8, 4) is 0 Å². The number of anilines is 1. The maximum atomic E-state index is 12.6. The first kappa shape index (κ1) is 19.1. The molecular weight excluding hydrogens is 412 g/mol. The smallest absolute Gasteiger partial charge is 0.253 e. The molecule has 0 bridgehead atoms. The van der Waals surface area contributed by atoms with Gasteiger partial charge in [0.25, 0.3) is 5.91 Å². The fraction of sp³-hybridized carbons (Fsp3) is 0.130. The molecule has 5 nitrogen and oxygen atoms in total. The van der Waals surface area contributed by atoms with E-state index in [4.69, 9.17) is 0 Å². The average molecular weight is 433 g/mol. The number of thioether (sulfide) groups is 1. The number of carbonyl (C=O) groups is 1. The molecule has 2 N–H and O–H groups in total. The van der Waals surface area contributed by atoms with Crippen LogP contribution in [0, 0.1) is 0 Å². The Bertz CT molecular complexity index is 1090. The minimum absolute atomic E-state index is 0.0984. The summed E-state index contributed by atoms with van der Waals surface area (Å²) >= 11 is 3.25. The highest BCUT2D eigenvalue weighted by molar-refractivity contribution is 8.03. The van der Waals surface area contributed by atoms with Gasteiger partial charge >= 0.3 is 0 Å². The first-order valence-electron chi connectivity index (χ1n) is 9.74. The third kappa shape index (κ3) is 4.04. The number of para-hydroxylation sites is 1. The Morgan fingerprint density at radius 3 is 2.77 bits per heavy atom. The number of nitrogens with one attached hydrogen (secondary N) is 2. The minimum Gasteiger partial charge on any atom is -0.354 e. The van der Waals surface area contributed by atoms with Gasteiger partial charge in [0.15, 0.2) is 5.50 Å². The Morgan fingerprint density at radius 1 is 1.10 bits per heavy atom. The molecule has 1 aromatic heterocycles. The van der Waals surface area contributed by atoms with Crippen molar-refractivity contribution >= 4 is 41.0 Å². The summed E-state index contributed by atoms with van der Waals surface area (Å²) in [6, 6.07) is 22.1.